The second-order valence-electron chi connectivity index (χ2n) is 5.09. The van der Waals surface area contributed by atoms with Crippen LogP contribution in [0.4, 0.5) is 0 Å². The number of ether oxygens (including phenoxy) is 1. The number of hydrogen-bond donors (Lipinski definition) is 0. The third-order valence-corrected chi connectivity index (χ3v) is 5.79. The summed E-state index contributed by atoms with van der Waals surface area (Å²) in [6.07, 6.45) is 1.85. The van der Waals surface area contributed by atoms with Crippen LogP contribution in [-0.2, 0) is 20.6 Å². The number of methoxy groups -OCH3 is 1. The third-order valence-electron chi connectivity index (χ3n) is 3.56. The zero-order valence-corrected chi connectivity index (χ0v) is 13.3. The van der Waals surface area contributed by atoms with Crippen LogP contribution in [0.3, 0.4) is 0 Å². The van der Waals surface area contributed by atoms with Gasteiger partial charge in [-0.1, -0.05) is 0 Å². The average molecular weight is 322 g/mol. The summed E-state index contributed by atoms with van der Waals surface area (Å²) in [5.74, 6) is 1.30. The topological polar surface area (TPSA) is 59.8 Å². The molecule has 1 aromatic rings. The molecular formula is C13H20ClNO4S. The van der Waals surface area contributed by atoms with Gasteiger partial charge in [-0.2, -0.15) is 4.31 Å². The molecule has 1 aliphatic rings. The van der Waals surface area contributed by atoms with Gasteiger partial charge in [-0.3, -0.25) is 0 Å². The van der Waals surface area contributed by atoms with Crippen LogP contribution in [-0.4, -0.2) is 39.5 Å². The number of piperidine rings is 1. The molecule has 7 heteroatoms. The minimum absolute atomic E-state index is 0.169. The highest BCUT2D eigenvalue weighted by atomic mass is 35.5. The number of aryl methyl sites for hydroxylation is 1. The molecule has 0 N–H and O–H groups in total. The monoisotopic (exact) mass is 321 g/mol. The fourth-order valence-corrected chi connectivity index (χ4v) is 4.47. The Morgan fingerprint density at radius 1 is 1.55 bits per heavy atom. The smallest absolute Gasteiger partial charge is 0.246 e. The maximum absolute atomic E-state index is 12.7. The van der Waals surface area contributed by atoms with Crippen LogP contribution >= 0.6 is 11.6 Å². The van der Waals surface area contributed by atoms with Crippen molar-refractivity contribution in [1.29, 1.82) is 0 Å². The zero-order valence-electron chi connectivity index (χ0n) is 11.8. The van der Waals surface area contributed by atoms with Crippen LogP contribution in [0.5, 0.6) is 0 Å². The summed E-state index contributed by atoms with van der Waals surface area (Å²) in [6, 6.07) is 1.53. The Bertz CT molecular complexity index is 553. The van der Waals surface area contributed by atoms with E-state index in [-0.39, 0.29) is 16.7 Å². The fraction of sp³-hybridized carbons (Fsp3) is 0.692. The highest BCUT2D eigenvalue weighted by molar-refractivity contribution is 7.89. The molecule has 1 saturated heterocycles. The lowest BCUT2D eigenvalue weighted by Crippen LogP contribution is -2.41. The van der Waals surface area contributed by atoms with E-state index in [1.807, 2.05) is 0 Å². The molecule has 0 saturated carbocycles. The van der Waals surface area contributed by atoms with Crippen molar-refractivity contribution in [2.75, 3.05) is 26.8 Å². The lowest BCUT2D eigenvalue weighted by molar-refractivity contribution is 0.118. The lowest BCUT2D eigenvalue weighted by Gasteiger charge is -2.31. The van der Waals surface area contributed by atoms with E-state index in [4.69, 9.17) is 20.8 Å². The van der Waals surface area contributed by atoms with E-state index in [1.165, 1.54) is 10.4 Å². The number of nitrogens with zero attached hydrogens (tertiary/aromatic N) is 1. The van der Waals surface area contributed by atoms with E-state index < -0.39 is 10.0 Å². The van der Waals surface area contributed by atoms with Gasteiger partial charge in [0.25, 0.3) is 0 Å². The number of furan rings is 1. The van der Waals surface area contributed by atoms with Gasteiger partial charge in [0.05, 0.1) is 12.5 Å². The van der Waals surface area contributed by atoms with E-state index >= 15 is 0 Å². The number of alkyl halides is 1. The second kappa shape index (κ2) is 6.47. The third kappa shape index (κ3) is 3.19. The minimum Gasteiger partial charge on any atom is -0.464 e. The first-order valence-corrected chi connectivity index (χ1v) is 8.61. The number of rotatable bonds is 5. The van der Waals surface area contributed by atoms with Crippen molar-refractivity contribution >= 4 is 21.6 Å². The first-order chi connectivity index (χ1) is 9.48. The Hall–Kier alpha value is -0.560. The molecule has 1 aromatic heterocycles. The van der Waals surface area contributed by atoms with Crippen molar-refractivity contribution < 1.29 is 17.6 Å². The SMILES string of the molecule is COCC1CCCN(S(=O)(=O)c2cc(CCl)oc2C)C1. The summed E-state index contributed by atoms with van der Waals surface area (Å²) in [5, 5.41) is 0. The van der Waals surface area contributed by atoms with Crippen LogP contribution in [0.25, 0.3) is 0 Å². The normalized spacial score (nSPS) is 21.2. The molecular weight excluding hydrogens is 302 g/mol. The van der Waals surface area contributed by atoms with Crippen molar-refractivity contribution in [3.05, 3.63) is 17.6 Å². The summed E-state index contributed by atoms with van der Waals surface area (Å²) in [5.41, 5.74) is 0. The Morgan fingerprint density at radius 2 is 2.30 bits per heavy atom. The lowest BCUT2D eigenvalue weighted by atomic mass is 10.0. The predicted molar refractivity (Wildman–Crippen MR) is 76.4 cm³/mol. The Labute approximate surface area is 124 Å². The van der Waals surface area contributed by atoms with Crippen LogP contribution in [0.15, 0.2) is 15.4 Å². The molecule has 5 nitrogen and oxygen atoms in total. The summed E-state index contributed by atoms with van der Waals surface area (Å²) in [4.78, 5) is 0.228. The summed E-state index contributed by atoms with van der Waals surface area (Å²) in [6.45, 7) is 3.28. The molecule has 1 aliphatic heterocycles. The molecule has 114 valence electrons. The highest BCUT2D eigenvalue weighted by Crippen LogP contribution is 2.28. The van der Waals surface area contributed by atoms with Gasteiger partial charge < -0.3 is 9.15 Å². The quantitative estimate of drug-likeness (QED) is 0.781. The molecule has 20 heavy (non-hydrogen) atoms. The zero-order chi connectivity index (χ0) is 14.8. The molecule has 0 amide bonds. The molecule has 1 unspecified atom stereocenters. The van der Waals surface area contributed by atoms with Crippen LogP contribution in [0.1, 0.15) is 24.4 Å². The van der Waals surface area contributed by atoms with Crippen LogP contribution in [0, 0.1) is 12.8 Å². The summed E-state index contributed by atoms with van der Waals surface area (Å²) in [7, 11) is -1.87. The van der Waals surface area contributed by atoms with E-state index in [0.29, 0.717) is 31.2 Å². The summed E-state index contributed by atoms with van der Waals surface area (Å²) < 4.78 is 37.4. The van der Waals surface area contributed by atoms with Gasteiger partial charge in [0.1, 0.15) is 16.4 Å². The van der Waals surface area contributed by atoms with Gasteiger partial charge in [-0.15, -0.1) is 11.6 Å². The molecule has 0 bridgehead atoms. The largest absolute Gasteiger partial charge is 0.464 e. The second-order valence-corrected chi connectivity index (χ2v) is 7.27. The number of hydrogen-bond acceptors (Lipinski definition) is 4. The molecule has 0 spiro atoms. The number of halogens is 1. The minimum atomic E-state index is -3.51. The van der Waals surface area contributed by atoms with Crippen molar-refractivity contribution in [2.24, 2.45) is 5.92 Å². The molecule has 0 aliphatic carbocycles. The Morgan fingerprint density at radius 3 is 2.90 bits per heavy atom. The maximum atomic E-state index is 12.7. The van der Waals surface area contributed by atoms with Crippen molar-refractivity contribution in [3.8, 4) is 0 Å². The first-order valence-electron chi connectivity index (χ1n) is 6.63. The van der Waals surface area contributed by atoms with Gasteiger partial charge in [0, 0.05) is 26.3 Å². The Balaban J connectivity index is 2.22. The van der Waals surface area contributed by atoms with Crippen molar-refractivity contribution in [3.63, 3.8) is 0 Å². The fourth-order valence-electron chi connectivity index (χ4n) is 2.60. The van der Waals surface area contributed by atoms with Gasteiger partial charge in [-0.05, 0) is 25.7 Å². The molecule has 1 atom stereocenters. The van der Waals surface area contributed by atoms with Gasteiger partial charge in [0.15, 0.2) is 0 Å². The molecule has 2 rings (SSSR count). The van der Waals surface area contributed by atoms with E-state index in [2.05, 4.69) is 0 Å². The predicted octanol–water partition coefficient (Wildman–Crippen LogP) is 2.37. The Kier molecular flexibility index (Phi) is 5.12. The summed E-state index contributed by atoms with van der Waals surface area (Å²) >= 11 is 5.69. The van der Waals surface area contributed by atoms with E-state index in [0.717, 1.165) is 12.8 Å². The van der Waals surface area contributed by atoms with Crippen molar-refractivity contribution in [2.45, 2.75) is 30.5 Å². The van der Waals surface area contributed by atoms with E-state index in [1.54, 1.807) is 14.0 Å². The van der Waals surface area contributed by atoms with Crippen LogP contribution in [0.2, 0.25) is 0 Å². The highest BCUT2D eigenvalue weighted by Gasteiger charge is 2.32. The van der Waals surface area contributed by atoms with E-state index in [9.17, 15) is 8.42 Å². The maximum Gasteiger partial charge on any atom is 0.246 e. The van der Waals surface area contributed by atoms with Gasteiger partial charge in [-0.25, -0.2) is 8.42 Å². The average Bonchev–Trinajstić information content (AvgIpc) is 2.81. The molecule has 2 heterocycles. The molecule has 0 radical (unpaired) electrons. The standard InChI is InChI=1S/C13H20ClNO4S/c1-10-13(6-12(7-14)19-10)20(16,17)15-5-3-4-11(8-15)9-18-2/h6,11H,3-5,7-9H2,1-2H3. The van der Waals surface area contributed by atoms with Gasteiger partial charge >= 0.3 is 0 Å². The number of sulfonamides is 1. The molecule has 1 fully saturated rings. The van der Waals surface area contributed by atoms with Gasteiger partial charge in [0.2, 0.25) is 10.0 Å². The van der Waals surface area contributed by atoms with Crippen molar-refractivity contribution in [1.82, 2.24) is 4.31 Å². The van der Waals surface area contributed by atoms with Crippen LogP contribution < -0.4 is 0 Å². The first kappa shape index (κ1) is 15.8. The molecule has 0 aromatic carbocycles.